The molecule has 0 atom stereocenters. The van der Waals surface area contributed by atoms with Crippen LogP contribution in [0, 0.1) is 0 Å². The molecule has 0 aromatic rings. The van der Waals surface area contributed by atoms with Gasteiger partial charge in [-0.3, -0.25) is 0 Å². The fourth-order valence-electron chi connectivity index (χ4n) is 2.02. The number of hydrogen-bond donors (Lipinski definition) is 0. The third-order valence-electron chi connectivity index (χ3n) is 3.13. The Balaban J connectivity index is 2.59. The minimum atomic E-state index is 0.596. The van der Waals surface area contributed by atoms with Gasteiger partial charge in [-0.15, -0.1) is 6.58 Å². The predicted octanol–water partition coefficient (Wildman–Crippen LogP) is 3.58. The average Bonchev–Trinajstić information content (AvgIpc) is 2.62. The van der Waals surface area contributed by atoms with Gasteiger partial charge >= 0.3 is 0 Å². The van der Waals surface area contributed by atoms with Crippen molar-refractivity contribution in [3.05, 3.63) is 24.6 Å². The zero-order valence-electron chi connectivity index (χ0n) is 11.2. The summed E-state index contributed by atoms with van der Waals surface area (Å²) in [5.74, 6) is 0. The molecule has 0 aromatic heterocycles. The van der Waals surface area contributed by atoms with Gasteiger partial charge in [0.1, 0.15) is 0 Å². The zero-order chi connectivity index (χ0) is 12.1. The summed E-state index contributed by atoms with van der Waals surface area (Å²) < 4.78 is 0. The highest BCUT2D eigenvalue weighted by Gasteiger charge is 2.23. The Hall–Kier alpha value is -0.920. The summed E-state index contributed by atoms with van der Waals surface area (Å²) in [5.41, 5.74) is 1.49. The van der Waals surface area contributed by atoms with E-state index >= 15 is 0 Å². The van der Waals surface area contributed by atoms with E-state index in [0.717, 1.165) is 13.1 Å². The smallest absolute Gasteiger partial charge is 0.0901 e. The van der Waals surface area contributed by atoms with E-state index in [4.69, 9.17) is 0 Å². The summed E-state index contributed by atoms with van der Waals surface area (Å²) in [5, 5.41) is 0. The Morgan fingerprint density at radius 2 is 2.00 bits per heavy atom. The van der Waals surface area contributed by atoms with Gasteiger partial charge in [0.25, 0.3) is 0 Å². The lowest BCUT2D eigenvalue weighted by atomic mass is 10.1. The van der Waals surface area contributed by atoms with E-state index in [1.165, 1.54) is 18.5 Å². The van der Waals surface area contributed by atoms with Crippen LogP contribution < -0.4 is 0 Å². The molecule has 1 aliphatic rings. The van der Waals surface area contributed by atoms with Crippen LogP contribution in [-0.2, 0) is 0 Å². The molecule has 2 heteroatoms. The number of hydrogen-bond acceptors (Lipinski definition) is 2. The van der Waals surface area contributed by atoms with Crippen LogP contribution in [-0.4, -0.2) is 28.6 Å². The van der Waals surface area contributed by atoms with Crippen LogP contribution in [0.5, 0.6) is 0 Å². The minimum absolute atomic E-state index is 0.596. The van der Waals surface area contributed by atoms with Gasteiger partial charge in [-0.2, -0.15) is 0 Å². The third-order valence-corrected chi connectivity index (χ3v) is 3.13. The Morgan fingerprint density at radius 3 is 2.50 bits per heavy atom. The molecule has 0 N–H and O–H groups in total. The number of unbranched alkanes of at least 4 members (excludes halogenated alkanes) is 1. The molecular formula is C14H26N2. The van der Waals surface area contributed by atoms with Gasteiger partial charge in [0.05, 0.1) is 6.67 Å². The molecular weight excluding hydrogens is 196 g/mol. The summed E-state index contributed by atoms with van der Waals surface area (Å²) in [7, 11) is 0. The second-order valence-corrected chi connectivity index (χ2v) is 5.11. The van der Waals surface area contributed by atoms with Crippen LogP contribution in [0.15, 0.2) is 24.6 Å². The summed E-state index contributed by atoms with van der Waals surface area (Å²) >= 11 is 0. The first-order chi connectivity index (χ1) is 7.56. The number of rotatable bonds is 6. The summed E-state index contributed by atoms with van der Waals surface area (Å²) in [6.07, 6.45) is 7.85. The van der Waals surface area contributed by atoms with E-state index in [1.54, 1.807) is 0 Å². The second kappa shape index (κ2) is 5.97. The summed E-state index contributed by atoms with van der Waals surface area (Å²) in [6, 6.07) is 1.19. The standard InChI is InChI=1S/C14H26N2/c1-6-7-8-9-14-10-15(12(2)3)11-16(14)13(4)5/h6,10,12-13H,1,7-9,11H2,2-5H3. The monoisotopic (exact) mass is 222 g/mol. The molecule has 0 aliphatic carbocycles. The van der Waals surface area contributed by atoms with Crippen LogP contribution in [0.4, 0.5) is 0 Å². The first-order valence-corrected chi connectivity index (χ1v) is 6.40. The van der Waals surface area contributed by atoms with E-state index in [1.807, 2.05) is 6.08 Å². The molecule has 0 saturated heterocycles. The van der Waals surface area contributed by atoms with Gasteiger partial charge in [-0.05, 0) is 47.0 Å². The zero-order valence-corrected chi connectivity index (χ0v) is 11.2. The van der Waals surface area contributed by atoms with Crippen molar-refractivity contribution in [2.75, 3.05) is 6.67 Å². The maximum Gasteiger partial charge on any atom is 0.0901 e. The Morgan fingerprint density at radius 1 is 1.31 bits per heavy atom. The van der Waals surface area contributed by atoms with E-state index in [-0.39, 0.29) is 0 Å². The molecule has 0 spiro atoms. The van der Waals surface area contributed by atoms with Crippen molar-refractivity contribution in [3.8, 4) is 0 Å². The second-order valence-electron chi connectivity index (χ2n) is 5.11. The van der Waals surface area contributed by atoms with Crippen molar-refractivity contribution in [3.63, 3.8) is 0 Å². The normalized spacial score (nSPS) is 16.2. The SMILES string of the molecule is C=CCCCC1=CN(C(C)C)CN1C(C)C. The third kappa shape index (κ3) is 3.29. The molecule has 2 nitrogen and oxygen atoms in total. The lowest BCUT2D eigenvalue weighted by Crippen LogP contribution is -2.35. The predicted molar refractivity (Wildman–Crippen MR) is 70.9 cm³/mol. The van der Waals surface area contributed by atoms with Crippen LogP contribution >= 0.6 is 0 Å². The molecule has 0 aromatic carbocycles. The van der Waals surface area contributed by atoms with E-state index in [9.17, 15) is 0 Å². The Labute approximate surface area is 101 Å². The number of nitrogens with zero attached hydrogens (tertiary/aromatic N) is 2. The van der Waals surface area contributed by atoms with Crippen molar-refractivity contribution < 1.29 is 0 Å². The van der Waals surface area contributed by atoms with E-state index in [0.29, 0.717) is 12.1 Å². The molecule has 0 fully saturated rings. The van der Waals surface area contributed by atoms with Gasteiger partial charge in [0.15, 0.2) is 0 Å². The number of allylic oxidation sites excluding steroid dienone is 2. The highest BCUT2D eigenvalue weighted by molar-refractivity contribution is 5.08. The van der Waals surface area contributed by atoms with Crippen molar-refractivity contribution >= 4 is 0 Å². The molecule has 0 amide bonds. The summed E-state index contributed by atoms with van der Waals surface area (Å²) in [4.78, 5) is 4.92. The molecule has 0 saturated carbocycles. The van der Waals surface area contributed by atoms with Crippen LogP contribution in [0.2, 0.25) is 0 Å². The van der Waals surface area contributed by atoms with Crippen LogP contribution in [0.1, 0.15) is 47.0 Å². The van der Waals surface area contributed by atoms with Crippen molar-refractivity contribution in [1.82, 2.24) is 9.80 Å². The molecule has 1 aliphatic heterocycles. The van der Waals surface area contributed by atoms with Crippen LogP contribution in [0.25, 0.3) is 0 Å². The Kier molecular flexibility index (Phi) is 4.91. The molecule has 0 unspecified atom stereocenters. The molecule has 1 heterocycles. The first kappa shape index (κ1) is 13.1. The largest absolute Gasteiger partial charge is 0.356 e. The average molecular weight is 222 g/mol. The molecule has 0 radical (unpaired) electrons. The first-order valence-electron chi connectivity index (χ1n) is 6.40. The fourth-order valence-corrected chi connectivity index (χ4v) is 2.02. The van der Waals surface area contributed by atoms with Gasteiger partial charge in [0, 0.05) is 24.0 Å². The highest BCUT2D eigenvalue weighted by atomic mass is 15.4. The highest BCUT2D eigenvalue weighted by Crippen LogP contribution is 2.24. The lowest BCUT2D eigenvalue weighted by Gasteiger charge is -2.29. The Bertz CT molecular complexity index is 253. The van der Waals surface area contributed by atoms with Gasteiger partial charge in [0.2, 0.25) is 0 Å². The lowest BCUT2D eigenvalue weighted by molar-refractivity contribution is 0.192. The van der Waals surface area contributed by atoms with Gasteiger partial charge in [-0.1, -0.05) is 6.08 Å². The molecule has 1 rings (SSSR count). The molecule has 0 bridgehead atoms. The fraction of sp³-hybridized carbons (Fsp3) is 0.714. The summed E-state index contributed by atoms with van der Waals surface area (Å²) in [6.45, 7) is 13.9. The van der Waals surface area contributed by atoms with Crippen molar-refractivity contribution in [2.24, 2.45) is 0 Å². The van der Waals surface area contributed by atoms with Gasteiger partial charge < -0.3 is 9.80 Å². The quantitative estimate of drug-likeness (QED) is 0.500. The van der Waals surface area contributed by atoms with Crippen molar-refractivity contribution in [2.45, 2.75) is 59.0 Å². The van der Waals surface area contributed by atoms with Crippen LogP contribution in [0.3, 0.4) is 0 Å². The maximum atomic E-state index is 3.78. The van der Waals surface area contributed by atoms with Crippen molar-refractivity contribution in [1.29, 1.82) is 0 Å². The van der Waals surface area contributed by atoms with Gasteiger partial charge in [-0.25, -0.2) is 0 Å². The van der Waals surface area contributed by atoms with E-state index < -0.39 is 0 Å². The van der Waals surface area contributed by atoms with E-state index in [2.05, 4.69) is 50.3 Å². The molecule has 92 valence electrons. The maximum absolute atomic E-state index is 3.78. The minimum Gasteiger partial charge on any atom is -0.356 e. The molecule has 16 heavy (non-hydrogen) atoms. The topological polar surface area (TPSA) is 6.48 Å².